The van der Waals surface area contributed by atoms with Crippen LogP contribution < -0.4 is 10.1 Å². The van der Waals surface area contributed by atoms with E-state index in [-0.39, 0.29) is 36.5 Å². The molecule has 1 aromatic carbocycles. The van der Waals surface area contributed by atoms with Gasteiger partial charge in [0, 0.05) is 37.7 Å². The summed E-state index contributed by atoms with van der Waals surface area (Å²) in [6.45, 7) is 7.06. The Morgan fingerprint density at radius 3 is 2.59 bits per heavy atom. The van der Waals surface area contributed by atoms with Gasteiger partial charge in [0.15, 0.2) is 0 Å². The van der Waals surface area contributed by atoms with E-state index >= 15 is 0 Å². The van der Waals surface area contributed by atoms with Crippen LogP contribution in [0.3, 0.4) is 0 Å². The van der Waals surface area contributed by atoms with Crippen LogP contribution in [0.1, 0.15) is 69.2 Å². The van der Waals surface area contributed by atoms with E-state index in [1.54, 1.807) is 17.0 Å². The van der Waals surface area contributed by atoms with Crippen molar-refractivity contribution in [3.63, 3.8) is 0 Å². The number of benzene rings is 1. The first kappa shape index (κ1) is 29.4. The highest BCUT2D eigenvalue weighted by molar-refractivity contribution is 5.99. The summed E-state index contributed by atoms with van der Waals surface area (Å²) >= 11 is 0. The van der Waals surface area contributed by atoms with Crippen LogP contribution >= 0.6 is 0 Å². The second-order valence-corrected chi connectivity index (χ2v) is 11.5. The van der Waals surface area contributed by atoms with Crippen LogP contribution in [0.4, 0.5) is 5.69 Å². The number of nitrogens with zero attached hydrogens (tertiary/aromatic N) is 3. The van der Waals surface area contributed by atoms with E-state index in [4.69, 9.17) is 4.74 Å². The van der Waals surface area contributed by atoms with Crippen molar-refractivity contribution in [2.24, 2.45) is 11.8 Å². The summed E-state index contributed by atoms with van der Waals surface area (Å²) in [6.07, 6.45) is 7.69. The van der Waals surface area contributed by atoms with Crippen molar-refractivity contribution < 1.29 is 19.4 Å². The average Bonchev–Trinajstić information content (AvgIpc) is 2.86. The van der Waals surface area contributed by atoms with Crippen molar-refractivity contribution in [1.82, 2.24) is 14.7 Å². The van der Waals surface area contributed by atoms with Gasteiger partial charge in [0.2, 0.25) is 5.91 Å². The summed E-state index contributed by atoms with van der Waals surface area (Å²) < 4.78 is 6.52. The summed E-state index contributed by atoms with van der Waals surface area (Å²) in [6, 6.07) is 5.02. The molecule has 1 aromatic rings. The summed E-state index contributed by atoms with van der Waals surface area (Å²) in [4.78, 5) is 32.3. The normalized spacial score (nSPS) is 21.8. The molecule has 0 radical (unpaired) electrons. The molecule has 0 unspecified atom stereocenters. The summed E-state index contributed by atoms with van der Waals surface area (Å²) in [5, 5.41) is 12.8. The fraction of sp³-hybridized carbons (Fsp3) is 0.724. The lowest BCUT2D eigenvalue weighted by Crippen LogP contribution is -2.50. The van der Waals surface area contributed by atoms with E-state index in [0.717, 1.165) is 32.0 Å². The summed E-state index contributed by atoms with van der Waals surface area (Å²) in [5.41, 5.74) is 1.01. The van der Waals surface area contributed by atoms with Crippen molar-refractivity contribution in [2.45, 2.75) is 70.9 Å². The van der Waals surface area contributed by atoms with Gasteiger partial charge in [-0.05, 0) is 78.0 Å². The molecule has 1 aliphatic heterocycles. The number of ether oxygens (including phenoxy) is 1. The summed E-state index contributed by atoms with van der Waals surface area (Å²) in [5.74, 6) is 1.12. The Kier molecular flexibility index (Phi) is 11.2. The number of likely N-dealkylation sites (N-methyl/N-ethyl adjacent to an activating group) is 1. The Labute approximate surface area is 223 Å². The number of rotatable bonds is 11. The zero-order valence-electron chi connectivity index (χ0n) is 23.5. The molecule has 2 aliphatic rings. The quantitative estimate of drug-likeness (QED) is 0.467. The number of carbonyl (C=O) groups excluding carboxylic acids is 2. The van der Waals surface area contributed by atoms with Crippen molar-refractivity contribution >= 4 is 17.5 Å². The van der Waals surface area contributed by atoms with Gasteiger partial charge in [-0.25, -0.2) is 0 Å². The number of hydrogen-bond donors (Lipinski definition) is 2. The first-order chi connectivity index (χ1) is 17.7. The molecule has 8 nitrogen and oxygen atoms in total. The lowest BCUT2D eigenvalue weighted by Gasteiger charge is -2.38. The van der Waals surface area contributed by atoms with Gasteiger partial charge in [0.25, 0.3) is 5.91 Å². The number of anilines is 1. The largest absolute Gasteiger partial charge is 0.488 e. The van der Waals surface area contributed by atoms with Gasteiger partial charge >= 0.3 is 0 Å². The molecule has 37 heavy (non-hydrogen) atoms. The van der Waals surface area contributed by atoms with Crippen LogP contribution in [-0.2, 0) is 4.79 Å². The van der Waals surface area contributed by atoms with E-state index in [1.807, 2.05) is 27.1 Å². The molecule has 0 aromatic heterocycles. The molecule has 208 valence electrons. The third-order valence-corrected chi connectivity index (χ3v) is 7.74. The predicted molar refractivity (Wildman–Crippen MR) is 148 cm³/mol. The molecule has 0 saturated heterocycles. The average molecular weight is 517 g/mol. The van der Waals surface area contributed by atoms with Crippen molar-refractivity contribution in [2.75, 3.05) is 59.2 Å². The minimum Gasteiger partial charge on any atom is -0.488 e. The fourth-order valence-corrected chi connectivity index (χ4v) is 5.49. The monoisotopic (exact) mass is 516 g/mol. The second kappa shape index (κ2) is 14.1. The maximum Gasteiger partial charge on any atom is 0.258 e. The summed E-state index contributed by atoms with van der Waals surface area (Å²) in [7, 11) is 6.14. The predicted octanol–water partition coefficient (Wildman–Crippen LogP) is 3.70. The van der Waals surface area contributed by atoms with E-state index in [1.165, 1.54) is 32.1 Å². The molecule has 1 aliphatic carbocycles. The molecule has 8 heteroatoms. The van der Waals surface area contributed by atoms with E-state index in [2.05, 4.69) is 29.1 Å². The molecule has 3 rings (SSSR count). The van der Waals surface area contributed by atoms with Crippen molar-refractivity contribution in [3.8, 4) is 5.75 Å². The smallest absolute Gasteiger partial charge is 0.258 e. The third-order valence-electron chi connectivity index (χ3n) is 7.74. The number of amides is 2. The molecule has 0 bridgehead atoms. The first-order valence-corrected chi connectivity index (χ1v) is 14.0. The molecule has 0 spiro atoms. The van der Waals surface area contributed by atoms with Gasteiger partial charge in [-0.3, -0.25) is 9.59 Å². The Bertz CT molecular complexity index is 887. The SMILES string of the molecule is C[C@@H]1CN([C@@H](C)CO)C(=O)c2cc(NC(=O)CCCN(C)C)ccc2O[C@@H]1CN(C)CC1CCCCC1. The van der Waals surface area contributed by atoms with Crippen LogP contribution in [0.15, 0.2) is 18.2 Å². The molecule has 2 N–H and O–H groups in total. The molecule has 1 heterocycles. The molecular formula is C29H48N4O4. The highest BCUT2D eigenvalue weighted by atomic mass is 16.5. The molecule has 1 fully saturated rings. The third kappa shape index (κ3) is 8.69. The standard InChI is InChI=1S/C29H48N4O4/c1-21-17-33(22(2)20-34)29(36)25-16-24(30-28(35)12-9-15-31(3)4)13-14-26(25)37-27(21)19-32(5)18-23-10-7-6-8-11-23/h13-14,16,21-23,27,34H,6-12,15,17-20H2,1-5H3,(H,30,35)/t21-,22+,27-/m1/s1. The fourth-order valence-electron chi connectivity index (χ4n) is 5.49. The topological polar surface area (TPSA) is 85.3 Å². The minimum absolute atomic E-state index is 0.0718. The number of aliphatic hydroxyl groups excluding tert-OH is 1. The second-order valence-electron chi connectivity index (χ2n) is 11.5. The number of aliphatic hydroxyl groups is 1. The van der Waals surface area contributed by atoms with Crippen LogP contribution in [0.5, 0.6) is 5.75 Å². The van der Waals surface area contributed by atoms with Crippen molar-refractivity contribution in [3.05, 3.63) is 23.8 Å². The number of nitrogens with one attached hydrogen (secondary N) is 1. The van der Waals surface area contributed by atoms with Crippen LogP contribution in [0.25, 0.3) is 0 Å². The number of carbonyl (C=O) groups is 2. The van der Waals surface area contributed by atoms with Gasteiger partial charge in [-0.2, -0.15) is 0 Å². The maximum atomic E-state index is 13.6. The van der Waals surface area contributed by atoms with Gasteiger partial charge in [-0.15, -0.1) is 0 Å². The Morgan fingerprint density at radius 1 is 1.19 bits per heavy atom. The van der Waals surface area contributed by atoms with E-state index in [9.17, 15) is 14.7 Å². The Hall–Kier alpha value is -2.16. The van der Waals surface area contributed by atoms with Gasteiger partial charge < -0.3 is 29.9 Å². The van der Waals surface area contributed by atoms with Crippen LogP contribution in [0.2, 0.25) is 0 Å². The lowest BCUT2D eigenvalue weighted by atomic mass is 9.89. The van der Waals surface area contributed by atoms with E-state index in [0.29, 0.717) is 30.0 Å². The Morgan fingerprint density at radius 2 is 1.92 bits per heavy atom. The molecule has 2 amide bonds. The maximum absolute atomic E-state index is 13.6. The lowest BCUT2D eigenvalue weighted by molar-refractivity contribution is -0.116. The van der Waals surface area contributed by atoms with E-state index < -0.39 is 0 Å². The van der Waals surface area contributed by atoms with Gasteiger partial charge in [0.05, 0.1) is 18.2 Å². The Balaban J connectivity index is 1.78. The minimum atomic E-state index is -0.314. The highest BCUT2D eigenvalue weighted by Crippen LogP contribution is 2.31. The van der Waals surface area contributed by atoms with Crippen LogP contribution in [-0.4, -0.2) is 97.7 Å². The zero-order valence-corrected chi connectivity index (χ0v) is 23.5. The zero-order chi connectivity index (χ0) is 26.9. The highest BCUT2D eigenvalue weighted by Gasteiger charge is 2.34. The molecular weight excluding hydrogens is 468 g/mol. The van der Waals surface area contributed by atoms with Crippen molar-refractivity contribution in [1.29, 1.82) is 0 Å². The van der Waals surface area contributed by atoms with Crippen LogP contribution in [0, 0.1) is 11.8 Å². The molecule has 3 atom stereocenters. The molecule has 1 saturated carbocycles. The first-order valence-electron chi connectivity index (χ1n) is 14.0. The van der Waals surface area contributed by atoms with Gasteiger partial charge in [0.1, 0.15) is 11.9 Å². The van der Waals surface area contributed by atoms with Gasteiger partial charge in [-0.1, -0.05) is 26.2 Å². The number of fused-ring (bicyclic) bond motifs is 1. The number of hydrogen-bond acceptors (Lipinski definition) is 6.